The normalized spacial score (nSPS) is 18.0. The van der Waals surface area contributed by atoms with E-state index in [1.54, 1.807) is 30.3 Å². The summed E-state index contributed by atoms with van der Waals surface area (Å²) >= 11 is 0. The molecular weight excluding hydrogens is 409 g/mol. The Kier molecular flexibility index (Phi) is 6.08. The van der Waals surface area contributed by atoms with E-state index in [0.29, 0.717) is 50.5 Å². The average molecular weight is 432 g/mol. The van der Waals surface area contributed by atoms with Crippen LogP contribution in [-0.2, 0) is 17.5 Å². The molecule has 9 heteroatoms. The molecule has 1 fully saturated rings. The van der Waals surface area contributed by atoms with Gasteiger partial charge >= 0.3 is 6.18 Å². The van der Waals surface area contributed by atoms with E-state index in [0.717, 1.165) is 6.07 Å². The molecule has 2 heterocycles. The fourth-order valence-electron chi connectivity index (χ4n) is 3.99. The molecule has 0 atom stereocenters. The van der Waals surface area contributed by atoms with E-state index in [2.05, 4.69) is 10.3 Å². The molecule has 0 spiro atoms. The maximum atomic E-state index is 13.1. The van der Waals surface area contributed by atoms with Crippen molar-refractivity contribution >= 4 is 17.4 Å². The second-order valence-electron chi connectivity index (χ2n) is 7.62. The fourth-order valence-corrected chi connectivity index (χ4v) is 3.99. The number of hydrogen-bond donors (Lipinski definition) is 1. The van der Waals surface area contributed by atoms with E-state index in [4.69, 9.17) is 0 Å². The van der Waals surface area contributed by atoms with Crippen molar-refractivity contribution in [3.05, 3.63) is 65.2 Å². The van der Waals surface area contributed by atoms with Gasteiger partial charge in [-0.15, -0.1) is 0 Å². The maximum absolute atomic E-state index is 13.1. The Bertz CT molecular complexity index is 971. The summed E-state index contributed by atoms with van der Waals surface area (Å²) < 4.78 is 39.4. The summed E-state index contributed by atoms with van der Waals surface area (Å²) in [7, 11) is 0. The van der Waals surface area contributed by atoms with Gasteiger partial charge in [0.2, 0.25) is 0 Å². The monoisotopic (exact) mass is 432 g/mol. The number of hydrazine groups is 1. The summed E-state index contributed by atoms with van der Waals surface area (Å²) in [6.07, 6.45) is -4.37. The topological polar surface area (TPSA) is 55.9 Å². The molecule has 1 amide bonds. The zero-order chi connectivity index (χ0) is 22.0. The number of ketones is 1. The lowest BCUT2D eigenvalue weighted by atomic mass is 10.1. The van der Waals surface area contributed by atoms with E-state index in [1.807, 2.05) is 5.01 Å². The highest BCUT2D eigenvalue weighted by Gasteiger charge is 2.35. The molecule has 6 nitrogen and oxygen atoms in total. The Morgan fingerprint density at radius 2 is 1.55 bits per heavy atom. The minimum Gasteiger partial charge on any atom is -0.303 e. The van der Waals surface area contributed by atoms with Crippen molar-refractivity contribution in [2.45, 2.75) is 12.7 Å². The Hall–Kier alpha value is -2.75. The van der Waals surface area contributed by atoms with Crippen LogP contribution in [0.4, 0.5) is 18.9 Å². The van der Waals surface area contributed by atoms with Gasteiger partial charge in [0.05, 0.1) is 16.8 Å². The van der Waals surface area contributed by atoms with Gasteiger partial charge in [0.25, 0.3) is 11.7 Å². The van der Waals surface area contributed by atoms with Crippen LogP contribution in [0, 0.1) is 0 Å². The van der Waals surface area contributed by atoms with Crippen LogP contribution in [0.2, 0.25) is 0 Å². The van der Waals surface area contributed by atoms with Gasteiger partial charge < -0.3 is 4.90 Å². The lowest BCUT2D eigenvalue weighted by molar-refractivity contribution is -0.138. The molecule has 31 heavy (non-hydrogen) atoms. The molecule has 1 saturated heterocycles. The Balaban J connectivity index is 1.26. The van der Waals surface area contributed by atoms with Gasteiger partial charge in [-0.1, -0.05) is 30.3 Å². The Morgan fingerprint density at radius 3 is 2.29 bits per heavy atom. The first kappa shape index (κ1) is 21.5. The van der Waals surface area contributed by atoms with E-state index in [9.17, 15) is 22.8 Å². The molecule has 0 radical (unpaired) electrons. The molecule has 2 aromatic rings. The van der Waals surface area contributed by atoms with Crippen LogP contribution in [0.1, 0.15) is 21.5 Å². The number of hydrogen-bond acceptors (Lipinski definition) is 5. The first-order chi connectivity index (χ1) is 14.8. The number of nitrogens with zero attached hydrogens (tertiary/aromatic N) is 3. The lowest BCUT2D eigenvalue weighted by Gasteiger charge is -2.35. The first-order valence-electron chi connectivity index (χ1n) is 10.2. The largest absolute Gasteiger partial charge is 0.416 e. The number of anilines is 1. The van der Waals surface area contributed by atoms with Crippen LogP contribution < -0.4 is 10.3 Å². The summed E-state index contributed by atoms with van der Waals surface area (Å²) in [5.41, 5.74) is 3.79. The third kappa shape index (κ3) is 4.63. The highest BCUT2D eigenvalue weighted by molar-refractivity contribution is 6.52. The molecular formula is C22H23F3N4O2. The molecule has 2 aromatic carbocycles. The SMILES string of the molecule is O=C1C(=O)N(CCN2CCN(NCc3ccccc3C(F)(F)F)CC2)c2ccccc21. The molecule has 0 bridgehead atoms. The molecule has 0 saturated carbocycles. The summed E-state index contributed by atoms with van der Waals surface area (Å²) in [5, 5.41) is 1.92. The van der Waals surface area contributed by atoms with E-state index in [-0.39, 0.29) is 12.1 Å². The van der Waals surface area contributed by atoms with Crippen molar-refractivity contribution < 1.29 is 22.8 Å². The van der Waals surface area contributed by atoms with Crippen molar-refractivity contribution in [1.29, 1.82) is 0 Å². The van der Waals surface area contributed by atoms with Crippen molar-refractivity contribution in [3.63, 3.8) is 0 Å². The second kappa shape index (κ2) is 8.78. The molecule has 164 valence electrons. The summed E-state index contributed by atoms with van der Waals surface area (Å²) in [4.78, 5) is 28.1. The Labute approximate surface area is 178 Å². The van der Waals surface area contributed by atoms with E-state index in [1.165, 1.54) is 17.0 Å². The van der Waals surface area contributed by atoms with Crippen LogP contribution in [0.3, 0.4) is 0 Å². The molecule has 0 aliphatic carbocycles. The minimum atomic E-state index is -4.37. The number of carbonyl (C=O) groups is 2. The third-order valence-corrected chi connectivity index (χ3v) is 5.71. The molecule has 2 aliphatic rings. The van der Waals surface area contributed by atoms with Crippen molar-refractivity contribution in [2.24, 2.45) is 0 Å². The number of benzene rings is 2. The molecule has 1 N–H and O–H groups in total. The van der Waals surface area contributed by atoms with Crippen LogP contribution in [0.25, 0.3) is 0 Å². The number of amides is 1. The minimum absolute atomic E-state index is 0.108. The van der Waals surface area contributed by atoms with Gasteiger partial charge in [0.15, 0.2) is 0 Å². The summed E-state index contributed by atoms with van der Waals surface area (Å²) in [6, 6.07) is 12.6. The van der Waals surface area contributed by atoms with Crippen molar-refractivity contribution in [2.75, 3.05) is 44.2 Å². The zero-order valence-corrected chi connectivity index (χ0v) is 16.9. The maximum Gasteiger partial charge on any atom is 0.416 e. The number of nitrogens with one attached hydrogen (secondary N) is 1. The molecule has 0 aromatic heterocycles. The van der Waals surface area contributed by atoms with E-state index >= 15 is 0 Å². The number of rotatable bonds is 6. The quantitative estimate of drug-likeness (QED) is 0.712. The summed E-state index contributed by atoms with van der Waals surface area (Å²) in [5.74, 6) is -0.964. The van der Waals surface area contributed by atoms with E-state index < -0.39 is 23.4 Å². The first-order valence-corrected chi connectivity index (χ1v) is 10.2. The number of carbonyl (C=O) groups excluding carboxylic acids is 2. The third-order valence-electron chi connectivity index (χ3n) is 5.71. The Morgan fingerprint density at radius 1 is 0.871 bits per heavy atom. The fraction of sp³-hybridized carbons (Fsp3) is 0.364. The van der Waals surface area contributed by atoms with Crippen LogP contribution >= 0.6 is 0 Å². The lowest BCUT2D eigenvalue weighted by Crippen LogP contribution is -2.53. The van der Waals surface area contributed by atoms with Gasteiger partial charge in [-0.3, -0.25) is 19.9 Å². The standard InChI is InChI=1S/C22H23F3N4O2/c23-22(24,25)18-7-3-1-5-16(18)15-26-28-12-9-27(10-13-28)11-14-29-19-8-4-2-6-17(19)20(30)21(29)31/h1-8,26H,9-15H2. The molecule has 4 rings (SSSR count). The highest BCUT2D eigenvalue weighted by Crippen LogP contribution is 2.32. The number of Topliss-reactive ketones (excluding diaryl/α,β-unsaturated/α-hetero) is 1. The molecule has 0 unspecified atom stereocenters. The number of halogens is 3. The number of fused-ring (bicyclic) bond motifs is 1. The van der Waals surface area contributed by atoms with Crippen LogP contribution in [0.5, 0.6) is 0 Å². The van der Waals surface area contributed by atoms with Gasteiger partial charge in [-0.2, -0.15) is 13.2 Å². The van der Waals surface area contributed by atoms with Gasteiger partial charge in [0.1, 0.15) is 0 Å². The summed E-state index contributed by atoms with van der Waals surface area (Å²) in [6.45, 7) is 3.88. The average Bonchev–Trinajstić information content (AvgIpc) is 3.01. The van der Waals surface area contributed by atoms with Gasteiger partial charge in [-0.05, 0) is 23.8 Å². The number of para-hydroxylation sites is 1. The predicted molar refractivity (Wildman–Crippen MR) is 109 cm³/mol. The van der Waals surface area contributed by atoms with Gasteiger partial charge in [0, 0.05) is 45.8 Å². The van der Waals surface area contributed by atoms with Gasteiger partial charge in [-0.25, -0.2) is 5.01 Å². The number of alkyl halides is 3. The highest BCUT2D eigenvalue weighted by atomic mass is 19.4. The predicted octanol–water partition coefficient (Wildman–Crippen LogP) is 2.56. The van der Waals surface area contributed by atoms with Crippen LogP contribution in [-0.4, -0.2) is 60.9 Å². The van der Waals surface area contributed by atoms with Crippen molar-refractivity contribution in [1.82, 2.24) is 15.3 Å². The van der Waals surface area contributed by atoms with Crippen molar-refractivity contribution in [3.8, 4) is 0 Å². The molecule has 2 aliphatic heterocycles. The zero-order valence-electron chi connectivity index (χ0n) is 16.9. The number of piperazine rings is 1. The smallest absolute Gasteiger partial charge is 0.303 e. The van der Waals surface area contributed by atoms with Crippen LogP contribution in [0.15, 0.2) is 48.5 Å². The second-order valence-corrected chi connectivity index (χ2v) is 7.62.